The first-order valence-electron chi connectivity index (χ1n) is 5.71. The summed E-state index contributed by atoms with van der Waals surface area (Å²) in [4.78, 5) is 16.1. The van der Waals surface area contributed by atoms with Gasteiger partial charge in [0.05, 0.1) is 5.69 Å². The summed E-state index contributed by atoms with van der Waals surface area (Å²) in [6.07, 6.45) is 4.74. The molecule has 0 saturated heterocycles. The maximum Gasteiger partial charge on any atom is 0.289 e. The zero-order chi connectivity index (χ0) is 13.8. The second-order valence-corrected chi connectivity index (χ2v) is 4.09. The average Bonchev–Trinajstić information content (AvgIpc) is 2.75. The minimum Gasteiger partial charge on any atom is -0.266 e. The predicted octanol–water partition coefficient (Wildman–Crippen LogP) is 2.14. The number of carbonyl (C=O) groups is 1. The van der Waals surface area contributed by atoms with Gasteiger partial charge < -0.3 is 0 Å². The number of nitrogens with zero attached hydrogens (tertiary/aromatic N) is 4. The van der Waals surface area contributed by atoms with E-state index in [0.717, 1.165) is 11.3 Å². The Kier molecular flexibility index (Phi) is 3.53. The molecule has 0 aliphatic heterocycles. The van der Waals surface area contributed by atoms with Crippen molar-refractivity contribution in [2.75, 3.05) is 0 Å². The normalized spacial score (nSPS) is 11.1. The second kappa shape index (κ2) is 5.27. The summed E-state index contributed by atoms with van der Waals surface area (Å²) in [6, 6.07) is 7.16. The van der Waals surface area contributed by atoms with Crippen LogP contribution in [-0.2, 0) is 0 Å². The monoisotopic (exact) mass is 252 g/mol. The Labute approximate surface area is 110 Å². The van der Waals surface area contributed by atoms with E-state index in [1.807, 2.05) is 6.07 Å². The molecule has 0 radical (unpaired) electrons. The molecule has 0 atom stereocenters. The van der Waals surface area contributed by atoms with Gasteiger partial charge in [-0.25, -0.2) is 4.68 Å². The van der Waals surface area contributed by atoms with E-state index in [1.54, 1.807) is 44.4 Å². The molecule has 0 saturated carbocycles. The van der Waals surface area contributed by atoms with E-state index < -0.39 is 5.91 Å². The summed E-state index contributed by atoms with van der Waals surface area (Å²) < 4.78 is 1.24. The standard InChI is InChI=1S/C14H12N4O/c1-10-7-11(2)18(17-10)14(19)13(9-15)8-12-3-5-16-6-4-12/h3-8H,1-2H3/b13-8+. The molecule has 94 valence electrons. The lowest BCUT2D eigenvalue weighted by Crippen LogP contribution is -2.15. The van der Waals surface area contributed by atoms with Gasteiger partial charge in [-0.05, 0) is 43.7 Å². The molecule has 0 aliphatic carbocycles. The van der Waals surface area contributed by atoms with Gasteiger partial charge in [0, 0.05) is 18.1 Å². The van der Waals surface area contributed by atoms with Crippen molar-refractivity contribution < 1.29 is 4.79 Å². The predicted molar refractivity (Wildman–Crippen MR) is 70.2 cm³/mol. The van der Waals surface area contributed by atoms with Crippen LogP contribution < -0.4 is 0 Å². The minimum atomic E-state index is -0.426. The second-order valence-electron chi connectivity index (χ2n) is 4.09. The zero-order valence-electron chi connectivity index (χ0n) is 10.7. The van der Waals surface area contributed by atoms with Crippen molar-refractivity contribution in [2.45, 2.75) is 13.8 Å². The molecule has 0 spiro atoms. The molecular weight excluding hydrogens is 240 g/mol. The molecule has 0 bridgehead atoms. The minimum absolute atomic E-state index is 0.0393. The molecule has 5 nitrogen and oxygen atoms in total. The van der Waals surface area contributed by atoms with E-state index in [9.17, 15) is 4.79 Å². The highest BCUT2D eigenvalue weighted by molar-refractivity contribution is 6.03. The molecule has 19 heavy (non-hydrogen) atoms. The van der Waals surface area contributed by atoms with E-state index >= 15 is 0 Å². The van der Waals surface area contributed by atoms with Gasteiger partial charge in [-0.1, -0.05) is 0 Å². The number of rotatable bonds is 2. The third-order valence-electron chi connectivity index (χ3n) is 2.57. The van der Waals surface area contributed by atoms with Crippen molar-refractivity contribution in [1.82, 2.24) is 14.8 Å². The Morgan fingerprint density at radius 2 is 2.05 bits per heavy atom. The molecule has 0 amide bonds. The SMILES string of the molecule is Cc1cc(C)n(C(=O)/C(C#N)=C/c2ccncc2)n1. The lowest BCUT2D eigenvalue weighted by molar-refractivity contribution is 0.0944. The van der Waals surface area contributed by atoms with Crippen molar-refractivity contribution in [3.8, 4) is 6.07 Å². The maximum absolute atomic E-state index is 12.2. The Morgan fingerprint density at radius 1 is 1.37 bits per heavy atom. The summed E-state index contributed by atoms with van der Waals surface area (Å²) in [7, 11) is 0. The van der Waals surface area contributed by atoms with Gasteiger partial charge in [0.1, 0.15) is 11.6 Å². The summed E-state index contributed by atoms with van der Waals surface area (Å²) in [5, 5.41) is 13.2. The molecule has 0 fully saturated rings. The molecule has 0 unspecified atom stereocenters. The van der Waals surface area contributed by atoms with Crippen LogP contribution in [0, 0.1) is 25.2 Å². The van der Waals surface area contributed by atoms with Crippen LogP contribution in [0.3, 0.4) is 0 Å². The van der Waals surface area contributed by atoms with Crippen LogP contribution in [0.25, 0.3) is 6.08 Å². The van der Waals surface area contributed by atoms with Crippen LogP contribution in [-0.4, -0.2) is 20.7 Å². The van der Waals surface area contributed by atoms with E-state index in [4.69, 9.17) is 5.26 Å². The van der Waals surface area contributed by atoms with Gasteiger partial charge in [0.2, 0.25) is 0 Å². The third-order valence-corrected chi connectivity index (χ3v) is 2.57. The van der Waals surface area contributed by atoms with Crippen LogP contribution in [0.4, 0.5) is 0 Å². The summed E-state index contributed by atoms with van der Waals surface area (Å²) >= 11 is 0. The van der Waals surface area contributed by atoms with E-state index in [2.05, 4.69) is 10.1 Å². The van der Waals surface area contributed by atoms with Crippen LogP contribution in [0.5, 0.6) is 0 Å². The van der Waals surface area contributed by atoms with E-state index in [1.165, 1.54) is 10.8 Å². The average molecular weight is 252 g/mol. The van der Waals surface area contributed by atoms with Crippen molar-refractivity contribution in [3.05, 3.63) is 53.1 Å². The number of allylic oxidation sites excluding steroid dienone is 1. The lowest BCUT2D eigenvalue weighted by atomic mass is 10.1. The molecule has 2 aromatic heterocycles. The van der Waals surface area contributed by atoms with Crippen LogP contribution in [0.2, 0.25) is 0 Å². The highest BCUT2D eigenvalue weighted by Crippen LogP contribution is 2.10. The molecule has 5 heteroatoms. The maximum atomic E-state index is 12.2. The van der Waals surface area contributed by atoms with Crippen LogP contribution in [0.1, 0.15) is 21.7 Å². The van der Waals surface area contributed by atoms with Gasteiger partial charge in [-0.15, -0.1) is 0 Å². The van der Waals surface area contributed by atoms with E-state index in [-0.39, 0.29) is 5.57 Å². The first-order valence-corrected chi connectivity index (χ1v) is 5.71. The van der Waals surface area contributed by atoms with E-state index in [0.29, 0.717) is 5.69 Å². The Balaban J connectivity index is 2.39. The molecule has 0 aliphatic rings. The van der Waals surface area contributed by atoms with Crippen molar-refractivity contribution in [1.29, 1.82) is 5.26 Å². The molecule has 0 aromatic carbocycles. The van der Waals surface area contributed by atoms with Crippen LogP contribution >= 0.6 is 0 Å². The first-order chi connectivity index (χ1) is 9.11. The summed E-state index contributed by atoms with van der Waals surface area (Å²) in [5.41, 5.74) is 2.24. The number of hydrogen-bond donors (Lipinski definition) is 0. The van der Waals surface area contributed by atoms with Crippen molar-refractivity contribution in [2.24, 2.45) is 0 Å². The Morgan fingerprint density at radius 3 is 2.58 bits per heavy atom. The van der Waals surface area contributed by atoms with Gasteiger partial charge in [0.25, 0.3) is 5.91 Å². The Bertz CT molecular complexity index is 677. The van der Waals surface area contributed by atoms with Gasteiger partial charge in [-0.3, -0.25) is 9.78 Å². The van der Waals surface area contributed by atoms with Crippen molar-refractivity contribution in [3.63, 3.8) is 0 Å². The summed E-state index contributed by atoms with van der Waals surface area (Å²) in [5.74, 6) is -0.426. The quantitative estimate of drug-likeness (QED) is 0.606. The fourth-order valence-electron chi connectivity index (χ4n) is 1.72. The molecule has 0 N–H and O–H groups in total. The number of hydrogen-bond acceptors (Lipinski definition) is 4. The van der Waals surface area contributed by atoms with Gasteiger partial charge in [0.15, 0.2) is 0 Å². The highest BCUT2D eigenvalue weighted by Gasteiger charge is 2.15. The number of nitriles is 1. The third kappa shape index (κ3) is 2.75. The zero-order valence-corrected chi connectivity index (χ0v) is 10.7. The first kappa shape index (κ1) is 12.7. The number of aromatic nitrogens is 3. The fourth-order valence-corrected chi connectivity index (χ4v) is 1.72. The highest BCUT2D eigenvalue weighted by atomic mass is 16.2. The summed E-state index contributed by atoms with van der Waals surface area (Å²) in [6.45, 7) is 3.58. The number of carbonyl (C=O) groups excluding carboxylic acids is 1. The largest absolute Gasteiger partial charge is 0.289 e. The topological polar surface area (TPSA) is 71.6 Å². The molecule has 2 heterocycles. The van der Waals surface area contributed by atoms with Gasteiger partial charge >= 0.3 is 0 Å². The Hall–Kier alpha value is -2.74. The smallest absolute Gasteiger partial charge is 0.266 e. The molecule has 2 rings (SSSR count). The molecule has 2 aromatic rings. The van der Waals surface area contributed by atoms with Crippen LogP contribution in [0.15, 0.2) is 36.2 Å². The lowest BCUT2D eigenvalue weighted by Gasteiger charge is -2.01. The number of aryl methyl sites for hydroxylation is 2. The number of pyridine rings is 1. The molecular formula is C14H12N4O. The van der Waals surface area contributed by atoms with Crippen molar-refractivity contribution >= 4 is 12.0 Å². The fraction of sp³-hybridized carbons (Fsp3) is 0.143. The van der Waals surface area contributed by atoms with Gasteiger partial charge in [-0.2, -0.15) is 10.4 Å².